The van der Waals surface area contributed by atoms with Gasteiger partial charge >= 0.3 is 11.9 Å². The van der Waals surface area contributed by atoms with Crippen molar-refractivity contribution in [3.8, 4) is 11.5 Å². The van der Waals surface area contributed by atoms with E-state index in [0.29, 0.717) is 11.5 Å². The van der Waals surface area contributed by atoms with Crippen molar-refractivity contribution < 1.29 is 43.1 Å². The number of hydrogen-bond donors (Lipinski definition) is 1. The molecule has 4 rings (SSSR count). The molecule has 0 saturated carbocycles. The number of benzene rings is 3. The van der Waals surface area contributed by atoms with Gasteiger partial charge in [-0.3, -0.25) is 0 Å². The van der Waals surface area contributed by atoms with Crippen molar-refractivity contribution in [3.63, 3.8) is 0 Å². The Labute approximate surface area is 214 Å². The molecule has 3 aromatic carbocycles. The SMILES string of the molecule is COC(=O)[C@H]1O[C@@H](Oc2ccc(OC)cc2)[C@H](OC(=O)c2ccccc2)[C@@H](OCc2ccccc2)[C@@H]1O. The number of ether oxygens (including phenoxy) is 6. The quantitative estimate of drug-likeness (QED) is 0.436. The molecule has 0 spiro atoms. The second kappa shape index (κ2) is 12.4. The van der Waals surface area contributed by atoms with E-state index < -0.39 is 42.6 Å². The monoisotopic (exact) mass is 508 g/mol. The first-order chi connectivity index (χ1) is 18.0. The number of carbonyl (C=O) groups excluding carboxylic acids is 2. The van der Waals surface area contributed by atoms with Gasteiger partial charge in [0.05, 0.1) is 26.4 Å². The largest absolute Gasteiger partial charge is 0.497 e. The average Bonchev–Trinajstić information content (AvgIpc) is 2.95. The van der Waals surface area contributed by atoms with Crippen LogP contribution >= 0.6 is 0 Å². The summed E-state index contributed by atoms with van der Waals surface area (Å²) in [6.07, 6.45) is -6.70. The van der Waals surface area contributed by atoms with Crippen LogP contribution in [0.1, 0.15) is 15.9 Å². The average molecular weight is 509 g/mol. The topological polar surface area (TPSA) is 110 Å². The Bertz CT molecular complexity index is 1150. The Morgan fingerprint density at radius 3 is 2.08 bits per heavy atom. The second-order valence-electron chi connectivity index (χ2n) is 8.23. The van der Waals surface area contributed by atoms with Crippen molar-refractivity contribution in [2.24, 2.45) is 0 Å². The van der Waals surface area contributed by atoms with Gasteiger partial charge in [0.25, 0.3) is 0 Å². The summed E-state index contributed by atoms with van der Waals surface area (Å²) in [6, 6.07) is 24.2. The molecule has 37 heavy (non-hydrogen) atoms. The minimum Gasteiger partial charge on any atom is -0.497 e. The van der Waals surface area contributed by atoms with E-state index in [-0.39, 0.29) is 12.2 Å². The van der Waals surface area contributed by atoms with E-state index in [0.717, 1.165) is 5.56 Å². The first-order valence-corrected chi connectivity index (χ1v) is 11.6. The molecule has 9 heteroatoms. The van der Waals surface area contributed by atoms with Gasteiger partial charge in [0.2, 0.25) is 6.29 Å². The minimum absolute atomic E-state index is 0.0745. The Kier molecular flexibility index (Phi) is 8.73. The van der Waals surface area contributed by atoms with Gasteiger partial charge < -0.3 is 33.5 Å². The minimum atomic E-state index is -1.51. The fourth-order valence-electron chi connectivity index (χ4n) is 3.87. The molecule has 5 atom stereocenters. The normalized spacial score (nSPS) is 23.1. The summed E-state index contributed by atoms with van der Waals surface area (Å²) in [5.41, 5.74) is 1.11. The third kappa shape index (κ3) is 6.45. The first-order valence-electron chi connectivity index (χ1n) is 11.6. The van der Waals surface area contributed by atoms with E-state index >= 15 is 0 Å². The van der Waals surface area contributed by atoms with Gasteiger partial charge in [-0.05, 0) is 42.0 Å². The molecule has 0 radical (unpaired) electrons. The molecule has 0 aliphatic carbocycles. The van der Waals surface area contributed by atoms with Crippen LogP contribution in [-0.4, -0.2) is 62.0 Å². The highest BCUT2D eigenvalue weighted by Crippen LogP contribution is 2.31. The highest BCUT2D eigenvalue weighted by atomic mass is 16.7. The molecule has 0 bridgehead atoms. The van der Waals surface area contributed by atoms with Crippen LogP contribution in [0, 0.1) is 0 Å². The van der Waals surface area contributed by atoms with Crippen LogP contribution in [0.3, 0.4) is 0 Å². The van der Waals surface area contributed by atoms with E-state index in [1.165, 1.54) is 14.2 Å². The number of aliphatic hydroxyl groups is 1. The molecule has 1 fully saturated rings. The molecular formula is C28H28O9. The predicted molar refractivity (Wildman–Crippen MR) is 131 cm³/mol. The molecule has 1 heterocycles. The van der Waals surface area contributed by atoms with Crippen LogP contribution in [-0.2, 0) is 30.3 Å². The molecule has 9 nitrogen and oxygen atoms in total. The molecule has 194 valence electrons. The fourth-order valence-corrected chi connectivity index (χ4v) is 3.87. The molecule has 1 aliphatic heterocycles. The maximum absolute atomic E-state index is 13.0. The van der Waals surface area contributed by atoms with Gasteiger partial charge in [0.1, 0.15) is 23.7 Å². The summed E-state index contributed by atoms with van der Waals surface area (Å²) in [7, 11) is 2.72. The summed E-state index contributed by atoms with van der Waals surface area (Å²) in [4.78, 5) is 25.5. The predicted octanol–water partition coefficient (Wildman–Crippen LogP) is 3.14. The van der Waals surface area contributed by atoms with Crippen LogP contribution in [0.25, 0.3) is 0 Å². The lowest BCUT2D eigenvalue weighted by Gasteiger charge is -2.42. The van der Waals surface area contributed by atoms with Crippen molar-refractivity contribution in [1.29, 1.82) is 0 Å². The Morgan fingerprint density at radius 1 is 0.838 bits per heavy atom. The van der Waals surface area contributed by atoms with E-state index in [1.54, 1.807) is 54.6 Å². The zero-order chi connectivity index (χ0) is 26.2. The molecule has 1 aliphatic rings. The van der Waals surface area contributed by atoms with Crippen molar-refractivity contribution in [1.82, 2.24) is 0 Å². The standard InChI is InChI=1S/C28H28O9/c1-32-20-13-15-21(16-14-20)35-28-25(36-26(30)19-11-7-4-8-12-19)23(22(29)24(37-28)27(31)33-2)34-17-18-9-5-3-6-10-18/h3-16,22-25,28-29H,17H2,1-2H3/t22-,23-,24-,25+,28+/m0/s1. The summed E-state index contributed by atoms with van der Waals surface area (Å²) >= 11 is 0. The zero-order valence-electron chi connectivity index (χ0n) is 20.4. The zero-order valence-corrected chi connectivity index (χ0v) is 20.4. The van der Waals surface area contributed by atoms with Gasteiger partial charge in [-0.1, -0.05) is 48.5 Å². The number of aliphatic hydroxyl groups excluding tert-OH is 1. The van der Waals surface area contributed by atoms with E-state index in [4.69, 9.17) is 28.4 Å². The van der Waals surface area contributed by atoms with Gasteiger partial charge in [-0.15, -0.1) is 0 Å². The Morgan fingerprint density at radius 2 is 1.46 bits per heavy atom. The van der Waals surface area contributed by atoms with Crippen LogP contribution in [0.2, 0.25) is 0 Å². The molecular weight excluding hydrogens is 480 g/mol. The third-order valence-corrected chi connectivity index (χ3v) is 5.80. The smallest absolute Gasteiger partial charge is 0.338 e. The lowest BCUT2D eigenvalue weighted by atomic mass is 9.98. The van der Waals surface area contributed by atoms with Gasteiger partial charge in [-0.2, -0.15) is 0 Å². The number of methoxy groups -OCH3 is 2. The van der Waals surface area contributed by atoms with E-state index in [2.05, 4.69) is 0 Å². The summed E-state index contributed by atoms with van der Waals surface area (Å²) in [6.45, 7) is 0.0745. The van der Waals surface area contributed by atoms with Crippen LogP contribution in [0.4, 0.5) is 0 Å². The third-order valence-electron chi connectivity index (χ3n) is 5.80. The number of esters is 2. The fraction of sp³-hybridized carbons (Fsp3) is 0.286. The number of carbonyl (C=O) groups is 2. The van der Waals surface area contributed by atoms with Crippen LogP contribution in [0.5, 0.6) is 11.5 Å². The van der Waals surface area contributed by atoms with Crippen molar-refractivity contribution >= 4 is 11.9 Å². The summed E-state index contributed by atoms with van der Waals surface area (Å²) in [5, 5.41) is 11.1. The van der Waals surface area contributed by atoms with Gasteiger partial charge in [-0.25, -0.2) is 9.59 Å². The van der Waals surface area contributed by atoms with Crippen molar-refractivity contribution in [2.45, 2.75) is 37.3 Å². The summed E-state index contributed by atoms with van der Waals surface area (Å²) in [5.74, 6) is -0.532. The molecule has 0 amide bonds. The van der Waals surface area contributed by atoms with Crippen molar-refractivity contribution in [3.05, 3.63) is 96.1 Å². The maximum Gasteiger partial charge on any atom is 0.338 e. The maximum atomic E-state index is 13.0. The number of rotatable bonds is 9. The van der Waals surface area contributed by atoms with Gasteiger partial charge in [0.15, 0.2) is 12.2 Å². The molecule has 3 aromatic rings. The lowest BCUT2D eigenvalue weighted by Crippen LogP contribution is -2.63. The van der Waals surface area contributed by atoms with Crippen LogP contribution < -0.4 is 9.47 Å². The number of hydrogen-bond acceptors (Lipinski definition) is 9. The molecule has 1 N–H and O–H groups in total. The summed E-state index contributed by atoms with van der Waals surface area (Å²) < 4.78 is 33.7. The van der Waals surface area contributed by atoms with Crippen LogP contribution in [0.15, 0.2) is 84.9 Å². The second-order valence-corrected chi connectivity index (χ2v) is 8.23. The lowest BCUT2D eigenvalue weighted by molar-refractivity contribution is -0.280. The van der Waals surface area contributed by atoms with Gasteiger partial charge in [0, 0.05) is 0 Å². The van der Waals surface area contributed by atoms with E-state index in [1.807, 2.05) is 30.3 Å². The molecule has 1 saturated heterocycles. The highest BCUT2D eigenvalue weighted by molar-refractivity contribution is 5.89. The molecule has 0 unspecified atom stereocenters. The van der Waals surface area contributed by atoms with E-state index in [9.17, 15) is 14.7 Å². The Balaban J connectivity index is 1.66. The Hall–Kier alpha value is -3.92. The highest BCUT2D eigenvalue weighted by Gasteiger charge is 2.52. The molecule has 0 aromatic heterocycles. The van der Waals surface area contributed by atoms with Crippen molar-refractivity contribution in [2.75, 3.05) is 14.2 Å². The first kappa shape index (κ1) is 26.2.